The fraction of sp³-hybridized carbons (Fsp3) is 0.625. The Labute approximate surface area is 65.1 Å². The SMILES string of the molecule is CCc1ncc(C2CC2)s1. The summed E-state index contributed by atoms with van der Waals surface area (Å²) in [7, 11) is 0. The molecule has 0 unspecified atom stereocenters. The van der Waals surface area contributed by atoms with Gasteiger partial charge in [0.15, 0.2) is 0 Å². The molecule has 1 aromatic rings. The molecular formula is C8H11NS. The highest BCUT2D eigenvalue weighted by Crippen LogP contribution is 2.42. The van der Waals surface area contributed by atoms with E-state index in [-0.39, 0.29) is 0 Å². The maximum Gasteiger partial charge on any atom is 0.0925 e. The lowest BCUT2D eigenvalue weighted by molar-refractivity contribution is 1.08. The van der Waals surface area contributed by atoms with Crippen LogP contribution in [-0.4, -0.2) is 4.98 Å². The summed E-state index contributed by atoms with van der Waals surface area (Å²) < 4.78 is 0. The fourth-order valence-corrected chi connectivity index (χ4v) is 2.07. The summed E-state index contributed by atoms with van der Waals surface area (Å²) in [5.41, 5.74) is 0. The lowest BCUT2D eigenvalue weighted by Crippen LogP contribution is -1.70. The molecule has 0 N–H and O–H groups in total. The quantitative estimate of drug-likeness (QED) is 0.636. The van der Waals surface area contributed by atoms with Crippen LogP contribution in [0.15, 0.2) is 6.20 Å². The largest absolute Gasteiger partial charge is 0.249 e. The molecule has 1 saturated carbocycles. The van der Waals surface area contributed by atoms with Gasteiger partial charge in [-0.25, -0.2) is 4.98 Å². The van der Waals surface area contributed by atoms with Crippen LogP contribution >= 0.6 is 11.3 Å². The zero-order valence-electron chi connectivity index (χ0n) is 6.13. The van der Waals surface area contributed by atoms with E-state index in [4.69, 9.17) is 0 Å². The molecule has 0 atom stereocenters. The molecule has 10 heavy (non-hydrogen) atoms. The smallest absolute Gasteiger partial charge is 0.0925 e. The predicted molar refractivity (Wildman–Crippen MR) is 43.5 cm³/mol. The Morgan fingerprint density at radius 1 is 1.70 bits per heavy atom. The van der Waals surface area contributed by atoms with Gasteiger partial charge in [0, 0.05) is 11.1 Å². The number of nitrogens with zero attached hydrogens (tertiary/aromatic N) is 1. The van der Waals surface area contributed by atoms with Crippen molar-refractivity contribution >= 4 is 11.3 Å². The van der Waals surface area contributed by atoms with E-state index in [9.17, 15) is 0 Å². The molecule has 1 aromatic heterocycles. The van der Waals surface area contributed by atoms with E-state index in [1.807, 2.05) is 11.3 Å². The van der Waals surface area contributed by atoms with Crippen molar-refractivity contribution in [3.8, 4) is 0 Å². The van der Waals surface area contributed by atoms with Crippen molar-refractivity contribution in [3.63, 3.8) is 0 Å². The molecule has 1 fully saturated rings. The molecule has 2 heteroatoms. The minimum Gasteiger partial charge on any atom is -0.249 e. The minimum absolute atomic E-state index is 0.887. The van der Waals surface area contributed by atoms with Crippen LogP contribution in [0.1, 0.15) is 35.6 Å². The predicted octanol–water partition coefficient (Wildman–Crippen LogP) is 2.58. The molecular weight excluding hydrogens is 142 g/mol. The number of thiazole rings is 1. The zero-order chi connectivity index (χ0) is 6.97. The van der Waals surface area contributed by atoms with Gasteiger partial charge in [-0.05, 0) is 25.2 Å². The van der Waals surface area contributed by atoms with Gasteiger partial charge in [0.1, 0.15) is 0 Å². The summed E-state index contributed by atoms with van der Waals surface area (Å²) in [6, 6.07) is 0. The van der Waals surface area contributed by atoms with Crippen molar-refractivity contribution in [2.24, 2.45) is 0 Å². The second-order valence-electron chi connectivity index (χ2n) is 2.78. The third-order valence-electron chi connectivity index (χ3n) is 1.85. The number of aryl methyl sites for hydroxylation is 1. The number of rotatable bonds is 2. The van der Waals surface area contributed by atoms with Crippen LogP contribution in [0.25, 0.3) is 0 Å². The van der Waals surface area contributed by atoms with Crippen molar-refractivity contribution in [1.29, 1.82) is 0 Å². The molecule has 0 amide bonds. The molecule has 0 radical (unpaired) electrons. The van der Waals surface area contributed by atoms with E-state index in [1.54, 1.807) is 0 Å². The molecule has 2 rings (SSSR count). The summed E-state index contributed by atoms with van der Waals surface area (Å²) in [6.45, 7) is 2.16. The van der Waals surface area contributed by atoms with Crippen LogP contribution in [-0.2, 0) is 6.42 Å². The second-order valence-corrected chi connectivity index (χ2v) is 3.93. The van der Waals surface area contributed by atoms with E-state index in [0.29, 0.717) is 0 Å². The topological polar surface area (TPSA) is 12.9 Å². The van der Waals surface area contributed by atoms with Gasteiger partial charge < -0.3 is 0 Å². The Morgan fingerprint density at radius 2 is 2.50 bits per heavy atom. The Morgan fingerprint density at radius 3 is 3.00 bits per heavy atom. The van der Waals surface area contributed by atoms with Crippen molar-refractivity contribution in [1.82, 2.24) is 4.98 Å². The standard InChI is InChI=1S/C8H11NS/c1-2-8-9-5-7(10-8)6-3-4-6/h5-6H,2-4H2,1H3. The van der Waals surface area contributed by atoms with Gasteiger partial charge in [-0.2, -0.15) is 0 Å². The van der Waals surface area contributed by atoms with E-state index in [2.05, 4.69) is 18.1 Å². The maximum absolute atomic E-state index is 4.31. The van der Waals surface area contributed by atoms with Gasteiger partial charge in [-0.3, -0.25) is 0 Å². The molecule has 1 nitrogen and oxygen atoms in total. The van der Waals surface area contributed by atoms with E-state index in [1.165, 1.54) is 22.7 Å². The van der Waals surface area contributed by atoms with E-state index >= 15 is 0 Å². The summed E-state index contributed by atoms with van der Waals surface area (Å²) >= 11 is 1.89. The maximum atomic E-state index is 4.31. The van der Waals surface area contributed by atoms with E-state index < -0.39 is 0 Å². The van der Waals surface area contributed by atoms with Crippen LogP contribution < -0.4 is 0 Å². The Hall–Kier alpha value is -0.370. The molecule has 0 aliphatic heterocycles. The number of hydrogen-bond donors (Lipinski definition) is 0. The van der Waals surface area contributed by atoms with Crippen molar-refractivity contribution < 1.29 is 0 Å². The van der Waals surface area contributed by atoms with Crippen LogP contribution in [0.2, 0.25) is 0 Å². The highest BCUT2D eigenvalue weighted by molar-refractivity contribution is 7.11. The molecule has 54 valence electrons. The minimum atomic E-state index is 0.887. The summed E-state index contributed by atoms with van der Waals surface area (Å²) in [5.74, 6) is 0.887. The third-order valence-corrected chi connectivity index (χ3v) is 3.16. The Bertz CT molecular complexity index is 225. The monoisotopic (exact) mass is 153 g/mol. The van der Waals surface area contributed by atoms with Crippen molar-refractivity contribution in [2.75, 3.05) is 0 Å². The van der Waals surface area contributed by atoms with E-state index in [0.717, 1.165) is 12.3 Å². The average molecular weight is 153 g/mol. The first-order valence-electron chi connectivity index (χ1n) is 3.84. The summed E-state index contributed by atoms with van der Waals surface area (Å²) in [4.78, 5) is 5.83. The van der Waals surface area contributed by atoms with Gasteiger partial charge in [-0.1, -0.05) is 6.92 Å². The molecule has 1 aliphatic rings. The molecule has 0 spiro atoms. The van der Waals surface area contributed by atoms with Crippen LogP contribution in [0.5, 0.6) is 0 Å². The van der Waals surface area contributed by atoms with Crippen molar-refractivity contribution in [3.05, 3.63) is 16.1 Å². The molecule has 0 bridgehead atoms. The highest BCUT2D eigenvalue weighted by Gasteiger charge is 2.25. The average Bonchev–Trinajstić information content (AvgIpc) is 2.70. The van der Waals surface area contributed by atoms with Crippen LogP contribution in [0, 0.1) is 0 Å². The normalized spacial score (nSPS) is 17.7. The molecule has 0 saturated heterocycles. The molecule has 1 aliphatic carbocycles. The first-order chi connectivity index (χ1) is 4.90. The second kappa shape index (κ2) is 2.35. The Balaban J connectivity index is 2.19. The van der Waals surface area contributed by atoms with Gasteiger partial charge in [0.05, 0.1) is 5.01 Å². The van der Waals surface area contributed by atoms with Crippen LogP contribution in [0.3, 0.4) is 0 Å². The first-order valence-corrected chi connectivity index (χ1v) is 4.66. The molecule has 0 aromatic carbocycles. The Kier molecular flexibility index (Phi) is 1.49. The lowest BCUT2D eigenvalue weighted by atomic mass is 10.4. The highest BCUT2D eigenvalue weighted by atomic mass is 32.1. The van der Waals surface area contributed by atoms with Gasteiger partial charge in [-0.15, -0.1) is 11.3 Å². The van der Waals surface area contributed by atoms with Gasteiger partial charge in [0.2, 0.25) is 0 Å². The third kappa shape index (κ3) is 1.08. The van der Waals surface area contributed by atoms with Gasteiger partial charge >= 0.3 is 0 Å². The zero-order valence-corrected chi connectivity index (χ0v) is 6.95. The summed E-state index contributed by atoms with van der Waals surface area (Å²) in [6.07, 6.45) is 5.94. The van der Waals surface area contributed by atoms with Crippen LogP contribution in [0.4, 0.5) is 0 Å². The fourth-order valence-electron chi connectivity index (χ4n) is 1.04. The number of hydrogen-bond acceptors (Lipinski definition) is 2. The first kappa shape index (κ1) is 6.35. The summed E-state index contributed by atoms with van der Waals surface area (Å²) in [5, 5.41) is 1.29. The van der Waals surface area contributed by atoms with Gasteiger partial charge in [0.25, 0.3) is 0 Å². The lowest BCUT2D eigenvalue weighted by Gasteiger charge is -1.83. The van der Waals surface area contributed by atoms with Crippen molar-refractivity contribution in [2.45, 2.75) is 32.1 Å². The number of aromatic nitrogens is 1. The molecule has 1 heterocycles.